The van der Waals surface area contributed by atoms with Gasteiger partial charge < -0.3 is 5.32 Å². The topological polar surface area (TPSA) is 12.0 Å². The van der Waals surface area contributed by atoms with Gasteiger partial charge in [0.15, 0.2) is 0 Å². The van der Waals surface area contributed by atoms with Crippen LogP contribution in [-0.2, 0) is 0 Å². The van der Waals surface area contributed by atoms with Gasteiger partial charge in [-0.05, 0) is 42.9 Å². The predicted octanol–water partition coefficient (Wildman–Crippen LogP) is 6.65. The number of benzene rings is 1. The Hall–Kier alpha value is -0.210. The summed E-state index contributed by atoms with van der Waals surface area (Å²) in [5.74, 6) is 1.77. The maximum atomic E-state index is 6.37. The molecule has 0 spiro atoms. The molecule has 1 nitrogen and oxygen atoms in total. The molecule has 0 heterocycles. The van der Waals surface area contributed by atoms with Gasteiger partial charge in [-0.25, -0.2) is 0 Å². The summed E-state index contributed by atoms with van der Waals surface area (Å²) in [5.41, 5.74) is 1.10. The number of hydrogen-bond donors (Lipinski definition) is 1. The first kappa shape index (κ1) is 15.7. The molecule has 3 rings (SSSR count). The average Bonchev–Trinajstić information content (AvgIpc) is 2.52. The van der Waals surface area contributed by atoms with Crippen LogP contribution in [0.3, 0.4) is 0 Å². The van der Waals surface area contributed by atoms with E-state index in [4.69, 9.17) is 11.6 Å². The summed E-state index contributed by atoms with van der Waals surface area (Å²) in [6, 6.07) is 6.71. The minimum atomic E-state index is 0.605. The van der Waals surface area contributed by atoms with Crippen LogP contribution in [0.25, 0.3) is 0 Å². The van der Waals surface area contributed by atoms with Gasteiger partial charge in [0, 0.05) is 10.5 Å². The first-order chi connectivity index (χ1) is 10.2. The summed E-state index contributed by atoms with van der Waals surface area (Å²) < 4.78 is 1.10. The maximum Gasteiger partial charge on any atom is 0.0638 e. The predicted molar refractivity (Wildman–Crippen MR) is 95.1 cm³/mol. The first-order valence-electron chi connectivity index (χ1n) is 8.45. The Bertz CT molecular complexity index is 470. The molecular weight excluding hydrogens is 346 g/mol. The zero-order chi connectivity index (χ0) is 14.7. The minimum Gasteiger partial charge on any atom is -0.381 e. The molecule has 0 bridgehead atoms. The van der Waals surface area contributed by atoms with E-state index in [-0.39, 0.29) is 0 Å². The molecule has 0 amide bonds. The van der Waals surface area contributed by atoms with E-state index >= 15 is 0 Å². The first-order valence-corrected chi connectivity index (χ1v) is 9.63. The van der Waals surface area contributed by atoms with Crippen LogP contribution in [0.5, 0.6) is 0 Å². The molecule has 0 saturated heterocycles. The van der Waals surface area contributed by atoms with Crippen molar-refractivity contribution >= 4 is 33.2 Å². The lowest BCUT2D eigenvalue weighted by Gasteiger charge is -2.40. The van der Waals surface area contributed by atoms with Gasteiger partial charge in [-0.2, -0.15) is 0 Å². The number of halogens is 2. The van der Waals surface area contributed by atoms with Crippen molar-refractivity contribution in [2.75, 3.05) is 5.32 Å². The van der Waals surface area contributed by atoms with Crippen LogP contribution < -0.4 is 5.32 Å². The Kier molecular flexibility index (Phi) is 5.50. The highest BCUT2D eigenvalue weighted by molar-refractivity contribution is 9.10. The SMILES string of the molecule is Clc1ccc(Br)cc1NC1CCCCC1C1CCCCC1. The summed E-state index contributed by atoms with van der Waals surface area (Å²) >= 11 is 9.92. The average molecular weight is 371 g/mol. The van der Waals surface area contributed by atoms with Crippen LogP contribution in [0, 0.1) is 11.8 Å². The monoisotopic (exact) mass is 369 g/mol. The lowest BCUT2D eigenvalue weighted by molar-refractivity contribution is 0.180. The molecule has 0 aromatic heterocycles. The Morgan fingerprint density at radius 3 is 2.48 bits per heavy atom. The molecule has 2 atom stereocenters. The van der Waals surface area contributed by atoms with Gasteiger partial charge in [0.25, 0.3) is 0 Å². The largest absolute Gasteiger partial charge is 0.381 e. The molecule has 2 unspecified atom stereocenters. The van der Waals surface area contributed by atoms with Crippen LogP contribution >= 0.6 is 27.5 Å². The molecule has 0 aliphatic heterocycles. The number of anilines is 1. The van der Waals surface area contributed by atoms with Crippen molar-refractivity contribution in [1.82, 2.24) is 0 Å². The summed E-state index contributed by atoms with van der Waals surface area (Å²) in [5, 5.41) is 4.61. The standard InChI is InChI=1S/C18H25BrClN/c19-14-10-11-16(20)18(12-14)21-17-9-5-4-8-15(17)13-6-2-1-3-7-13/h10-13,15,17,21H,1-9H2. The molecule has 0 radical (unpaired) electrons. The van der Waals surface area contributed by atoms with Crippen molar-refractivity contribution in [3.63, 3.8) is 0 Å². The molecule has 1 N–H and O–H groups in total. The Labute approximate surface area is 142 Å². The van der Waals surface area contributed by atoms with Crippen LogP contribution in [0.15, 0.2) is 22.7 Å². The summed E-state index contributed by atoms with van der Waals surface area (Å²) in [4.78, 5) is 0. The molecule has 2 fully saturated rings. The van der Waals surface area contributed by atoms with E-state index < -0.39 is 0 Å². The zero-order valence-electron chi connectivity index (χ0n) is 12.6. The lowest BCUT2D eigenvalue weighted by atomic mass is 9.71. The van der Waals surface area contributed by atoms with Gasteiger partial charge >= 0.3 is 0 Å². The highest BCUT2D eigenvalue weighted by atomic mass is 79.9. The highest BCUT2D eigenvalue weighted by Gasteiger charge is 2.32. The van der Waals surface area contributed by atoms with E-state index in [2.05, 4.69) is 27.3 Å². The van der Waals surface area contributed by atoms with Gasteiger partial charge in [-0.3, -0.25) is 0 Å². The highest BCUT2D eigenvalue weighted by Crippen LogP contribution is 2.40. The third kappa shape index (κ3) is 3.96. The number of nitrogens with one attached hydrogen (secondary N) is 1. The van der Waals surface area contributed by atoms with Crippen molar-refractivity contribution in [3.05, 3.63) is 27.7 Å². The molecule has 1 aromatic rings. The molecule has 2 aliphatic carbocycles. The lowest BCUT2D eigenvalue weighted by Crippen LogP contribution is -2.37. The third-order valence-electron chi connectivity index (χ3n) is 5.34. The quantitative estimate of drug-likeness (QED) is 0.627. The van der Waals surface area contributed by atoms with E-state index in [0.29, 0.717) is 6.04 Å². The Morgan fingerprint density at radius 2 is 1.67 bits per heavy atom. The number of rotatable bonds is 3. The van der Waals surface area contributed by atoms with Crippen molar-refractivity contribution in [2.24, 2.45) is 11.8 Å². The van der Waals surface area contributed by atoms with E-state index in [0.717, 1.165) is 27.0 Å². The zero-order valence-corrected chi connectivity index (χ0v) is 14.9. The van der Waals surface area contributed by atoms with Crippen LogP contribution in [-0.4, -0.2) is 6.04 Å². The fraction of sp³-hybridized carbons (Fsp3) is 0.667. The molecule has 1 aromatic carbocycles. The van der Waals surface area contributed by atoms with Crippen molar-refractivity contribution in [3.8, 4) is 0 Å². The molecule has 2 aliphatic rings. The van der Waals surface area contributed by atoms with Crippen molar-refractivity contribution < 1.29 is 0 Å². The van der Waals surface area contributed by atoms with E-state index in [9.17, 15) is 0 Å². The summed E-state index contributed by atoms with van der Waals surface area (Å²) in [6.45, 7) is 0. The smallest absolute Gasteiger partial charge is 0.0638 e. The van der Waals surface area contributed by atoms with E-state index in [1.807, 2.05) is 12.1 Å². The molecular formula is C18H25BrClN. The normalized spacial score (nSPS) is 27.5. The van der Waals surface area contributed by atoms with Crippen LogP contribution in [0.2, 0.25) is 5.02 Å². The minimum absolute atomic E-state index is 0.605. The van der Waals surface area contributed by atoms with Gasteiger partial charge in [-0.1, -0.05) is 72.5 Å². The van der Waals surface area contributed by atoms with Gasteiger partial charge in [0.1, 0.15) is 0 Å². The number of hydrogen-bond acceptors (Lipinski definition) is 1. The molecule has 21 heavy (non-hydrogen) atoms. The van der Waals surface area contributed by atoms with E-state index in [1.54, 1.807) is 0 Å². The fourth-order valence-corrected chi connectivity index (χ4v) is 4.81. The van der Waals surface area contributed by atoms with Gasteiger partial charge in [0.2, 0.25) is 0 Å². The Balaban J connectivity index is 1.73. The second-order valence-corrected chi connectivity index (χ2v) is 8.04. The third-order valence-corrected chi connectivity index (χ3v) is 6.17. The van der Waals surface area contributed by atoms with Gasteiger partial charge in [-0.15, -0.1) is 0 Å². The van der Waals surface area contributed by atoms with E-state index in [1.165, 1.54) is 57.8 Å². The fourth-order valence-electron chi connectivity index (χ4n) is 4.27. The maximum absolute atomic E-state index is 6.37. The molecule has 116 valence electrons. The van der Waals surface area contributed by atoms with Crippen LogP contribution in [0.1, 0.15) is 57.8 Å². The van der Waals surface area contributed by atoms with Crippen molar-refractivity contribution in [1.29, 1.82) is 0 Å². The van der Waals surface area contributed by atoms with Crippen molar-refractivity contribution in [2.45, 2.75) is 63.8 Å². The second-order valence-electron chi connectivity index (χ2n) is 6.72. The molecule has 3 heteroatoms. The second kappa shape index (κ2) is 7.37. The summed E-state index contributed by atoms with van der Waals surface area (Å²) in [7, 11) is 0. The van der Waals surface area contributed by atoms with Crippen LogP contribution in [0.4, 0.5) is 5.69 Å². The molecule has 2 saturated carbocycles. The summed E-state index contributed by atoms with van der Waals surface area (Å²) in [6.07, 6.45) is 12.6. The Morgan fingerprint density at radius 1 is 0.952 bits per heavy atom. The van der Waals surface area contributed by atoms with Gasteiger partial charge in [0.05, 0.1) is 10.7 Å².